The molecular weight excluding hydrogens is 779 g/mol. The number of unbranched alkanes of at least 4 members (excludes halogenated alkanes) is 28. The number of aliphatic hydroxyl groups excluding tert-OH is 2. The minimum Gasteiger partial charge on any atom is -0.462 e. The average Bonchev–Trinajstić information content (AvgIpc) is 3.28. The Balaban J connectivity index is 4.51. The average molecular weight is 882 g/mol. The van der Waals surface area contributed by atoms with Crippen molar-refractivity contribution < 1.29 is 24.5 Å². The van der Waals surface area contributed by atoms with Crippen molar-refractivity contribution in [2.24, 2.45) is 0 Å². The van der Waals surface area contributed by atoms with Gasteiger partial charge in [-0.15, -0.1) is 0 Å². The zero-order valence-corrected chi connectivity index (χ0v) is 41.7. The lowest BCUT2D eigenvalue weighted by Crippen LogP contribution is -2.46. The van der Waals surface area contributed by atoms with Crippen molar-refractivity contribution in [2.75, 3.05) is 6.61 Å². The third kappa shape index (κ3) is 45.9. The van der Waals surface area contributed by atoms with Crippen LogP contribution < -0.4 is 5.32 Å². The quantitative estimate of drug-likeness (QED) is 0.0245. The van der Waals surface area contributed by atoms with E-state index in [0.717, 1.165) is 89.9 Å². The van der Waals surface area contributed by atoms with E-state index in [1.165, 1.54) is 128 Å². The summed E-state index contributed by atoms with van der Waals surface area (Å²) in [6, 6.07) is -0.710. The minimum absolute atomic E-state index is 0.0622. The number of carbonyl (C=O) groups is 2. The highest BCUT2D eigenvalue weighted by Crippen LogP contribution is 2.18. The van der Waals surface area contributed by atoms with Crippen LogP contribution in [-0.2, 0) is 14.3 Å². The second-order valence-corrected chi connectivity index (χ2v) is 18.3. The minimum atomic E-state index is -0.795. The maximum absolute atomic E-state index is 13.2. The first-order valence-corrected chi connectivity index (χ1v) is 27.0. The lowest BCUT2D eigenvalue weighted by atomic mass is 10.0. The van der Waals surface area contributed by atoms with Crippen molar-refractivity contribution in [1.29, 1.82) is 0 Å². The Morgan fingerprint density at radius 2 is 0.937 bits per heavy atom. The number of hydrogen-bond acceptors (Lipinski definition) is 5. The van der Waals surface area contributed by atoms with Crippen LogP contribution in [0.1, 0.15) is 265 Å². The van der Waals surface area contributed by atoms with Gasteiger partial charge < -0.3 is 20.3 Å². The SMILES string of the molecule is CC/C=C/C=C/C=C/CCCCCCCCCC(=O)OC(CCCCCCC/C=C/C/C=C/CC)CC(=O)NC(CO)C(O)CCCCCCCCCCCCCCCCCCC. The highest BCUT2D eigenvalue weighted by atomic mass is 16.5. The Bertz CT molecular complexity index is 1130. The Labute approximate surface area is 390 Å². The predicted octanol–water partition coefficient (Wildman–Crippen LogP) is 16.4. The zero-order valence-electron chi connectivity index (χ0n) is 41.7. The van der Waals surface area contributed by atoms with E-state index in [2.05, 4.69) is 86.8 Å². The van der Waals surface area contributed by atoms with Crippen LogP contribution in [0.3, 0.4) is 0 Å². The number of esters is 1. The van der Waals surface area contributed by atoms with E-state index >= 15 is 0 Å². The molecule has 0 saturated heterocycles. The molecule has 0 aliphatic heterocycles. The largest absolute Gasteiger partial charge is 0.462 e. The molecule has 3 N–H and O–H groups in total. The molecule has 1 amide bonds. The van der Waals surface area contributed by atoms with E-state index in [0.29, 0.717) is 19.3 Å². The van der Waals surface area contributed by atoms with Crippen LogP contribution in [0.2, 0.25) is 0 Å². The summed E-state index contributed by atoms with van der Waals surface area (Å²) in [5, 5.41) is 23.8. The number of nitrogens with one attached hydrogen (secondary N) is 1. The van der Waals surface area contributed by atoms with E-state index in [1.54, 1.807) is 0 Å². The second kappa shape index (κ2) is 50.6. The topological polar surface area (TPSA) is 95.9 Å². The molecule has 0 aromatic rings. The molecule has 6 heteroatoms. The molecule has 3 atom stereocenters. The monoisotopic (exact) mass is 882 g/mol. The van der Waals surface area contributed by atoms with Crippen LogP contribution in [0.25, 0.3) is 0 Å². The molecule has 0 saturated carbocycles. The lowest BCUT2D eigenvalue weighted by Gasteiger charge is -2.24. The summed E-state index contributed by atoms with van der Waals surface area (Å²) in [4.78, 5) is 26.2. The van der Waals surface area contributed by atoms with E-state index in [9.17, 15) is 19.8 Å². The fourth-order valence-corrected chi connectivity index (χ4v) is 8.12. The molecule has 0 fully saturated rings. The fraction of sp³-hybridized carbons (Fsp3) is 0.789. The molecule has 6 nitrogen and oxygen atoms in total. The standard InChI is InChI=1S/C57H103NO5/c1-4-7-10-13-16-19-22-25-27-28-30-31-34-37-40-43-46-49-55(60)54(52-59)58-56(61)51-53(48-45-42-39-36-33-24-21-18-15-12-9-6-3)63-57(62)50-47-44-41-38-35-32-29-26-23-20-17-14-11-8-5-2/h8-9,11-12,14,17-18,20-21,23,53-55,59-60H,4-7,10,13,15-16,19,22,24-52H2,1-3H3,(H,58,61)/b11-8+,12-9+,17-14+,21-18+,23-20+. The van der Waals surface area contributed by atoms with E-state index in [1.807, 2.05) is 0 Å². The molecule has 0 spiro atoms. The van der Waals surface area contributed by atoms with Crippen molar-refractivity contribution in [1.82, 2.24) is 5.32 Å². The van der Waals surface area contributed by atoms with Gasteiger partial charge >= 0.3 is 5.97 Å². The normalized spacial score (nSPS) is 13.7. The van der Waals surface area contributed by atoms with Gasteiger partial charge in [0, 0.05) is 6.42 Å². The highest BCUT2D eigenvalue weighted by Gasteiger charge is 2.24. The van der Waals surface area contributed by atoms with Crippen molar-refractivity contribution >= 4 is 11.9 Å². The Kier molecular flexibility index (Phi) is 48.6. The van der Waals surface area contributed by atoms with Gasteiger partial charge in [0.2, 0.25) is 5.91 Å². The summed E-state index contributed by atoms with van der Waals surface area (Å²) < 4.78 is 5.93. The van der Waals surface area contributed by atoms with Crippen LogP contribution in [0.4, 0.5) is 0 Å². The van der Waals surface area contributed by atoms with Crippen LogP contribution in [0.15, 0.2) is 60.8 Å². The van der Waals surface area contributed by atoms with Crippen LogP contribution in [0, 0.1) is 0 Å². The number of allylic oxidation sites excluding steroid dienone is 10. The summed E-state index contributed by atoms with van der Waals surface area (Å²) in [6.45, 7) is 6.26. The van der Waals surface area contributed by atoms with E-state index in [-0.39, 0.29) is 24.9 Å². The third-order valence-corrected chi connectivity index (χ3v) is 12.2. The van der Waals surface area contributed by atoms with Gasteiger partial charge in [-0.2, -0.15) is 0 Å². The Morgan fingerprint density at radius 1 is 0.492 bits per heavy atom. The van der Waals surface area contributed by atoms with Crippen molar-refractivity contribution in [3.63, 3.8) is 0 Å². The summed E-state index contributed by atoms with van der Waals surface area (Å²) in [5.74, 6) is -0.498. The number of amides is 1. The van der Waals surface area contributed by atoms with Gasteiger partial charge in [0.25, 0.3) is 0 Å². The number of rotatable bonds is 48. The molecule has 0 aromatic carbocycles. The molecule has 3 unspecified atom stereocenters. The van der Waals surface area contributed by atoms with Gasteiger partial charge in [0.15, 0.2) is 0 Å². The molecule has 0 rings (SSSR count). The number of aliphatic hydroxyl groups is 2. The van der Waals surface area contributed by atoms with Gasteiger partial charge in [-0.3, -0.25) is 9.59 Å². The second-order valence-electron chi connectivity index (χ2n) is 18.3. The first kappa shape index (κ1) is 60.6. The first-order chi connectivity index (χ1) is 31.0. The van der Waals surface area contributed by atoms with Gasteiger partial charge in [-0.25, -0.2) is 0 Å². The van der Waals surface area contributed by atoms with Crippen molar-refractivity contribution in [2.45, 2.75) is 283 Å². The molecule has 0 bridgehead atoms. The Morgan fingerprint density at radius 3 is 1.46 bits per heavy atom. The molecule has 0 aromatic heterocycles. The fourth-order valence-electron chi connectivity index (χ4n) is 8.12. The molecule has 63 heavy (non-hydrogen) atoms. The van der Waals surface area contributed by atoms with Crippen LogP contribution in [-0.4, -0.2) is 46.9 Å². The lowest BCUT2D eigenvalue weighted by molar-refractivity contribution is -0.151. The molecular formula is C57H103NO5. The summed E-state index contributed by atoms with van der Waals surface area (Å²) >= 11 is 0. The van der Waals surface area contributed by atoms with Crippen molar-refractivity contribution in [3.05, 3.63) is 60.8 Å². The van der Waals surface area contributed by atoms with Gasteiger partial charge in [-0.05, 0) is 70.6 Å². The number of carbonyl (C=O) groups excluding carboxylic acids is 2. The maximum Gasteiger partial charge on any atom is 0.306 e. The van der Waals surface area contributed by atoms with Crippen LogP contribution in [0.5, 0.6) is 0 Å². The third-order valence-electron chi connectivity index (χ3n) is 12.2. The smallest absolute Gasteiger partial charge is 0.306 e. The van der Waals surface area contributed by atoms with Gasteiger partial charge in [0.1, 0.15) is 6.10 Å². The Hall–Kier alpha value is -2.44. The van der Waals surface area contributed by atoms with E-state index < -0.39 is 18.2 Å². The van der Waals surface area contributed by atoms with Gasteiger partial charge in [-0.1, -0.05) is 242 Å². The molecule has 0 heterocycles. The molecule has 0 aliphatic carbocycles. The summed E-state index contributed by atoms with van der Waals surface area (Å²) in [5.41, 5.74) is 0. The molecule has 366 valence electrons. The predicted molar refractivity (Wildman–Crippen MR) is 273 cm³/mol. The van der Waals surface area contributed by atoms with Gasteiger partial charge in [0.05, 0.1) is 25.2 Å². The molecule has 0 radical (unpaired) electrons. The van der Waals surface area contributed by atoms with Crippen LogP contribution >= 0.6 is 0 Å². The zero-order chi connectivity index (χ0) is 45.9. The maximum atomic E-state index is 13.2. The summed E-state index contributed by atoms with van der Waals surface area (Å²) in [6.07, 6.45) is 62.8. The van der Waals surface area contributed by atoms with E-state index in [4.69, 9.17) is 4.74 Å². The number of ether oxygens (including phenoxy) is 1. The molecule has 0 aliphatic rings. The highest BCUT2D eigenvalue weighted by molar-refractivity contribution is 5.77. The first-order valence-electron chi connectivity index (χ1n) is 27.0. The van der Waals surface area contributed by atoms with Crippen molar-refractivity contribution in [3.8, 4) is 0 Å². The summed E-state index contributed by atoms with van der Waals surface area (Å²) in [7, 11) is 0. The number of hydrogen-bond donors (Lipinski definition) is 3.